The maximum atomic E-state index is 12.4. The number of alkyl halides is 3. The van der Waals surface area contributed by atoms with Crippen LogP contribution in [0.1, 0.15) is 5.56 Å². The van der Waals surface area contributed by atoms with Gasteiger partial charge in [0.15, 0.2) is 0 Å². The van der Waals surface area contributed by atoms with Crippen LogP contribution < -0.4 is 5.46 Å². The third kappa shape index (κ3) is 1.36. The van der Waals surface area contributed by atoms with E-state index < -0.39 is 11.7 Å². The molecule has 2 nitrogen and oxygen atoms in total. The van der Waals surface area contributed by atoms with Gasteiger partial charge in [0, 0.05) is 5.39 Å². The zero-order valence-corrected chi connectivity index (χ0v) is 7.31. The molecule has 0 bridgehead atoms. The molecule has 6 heteroatoms. The highest BCUT2D eigenvalue weighted by Crippen LogP contribution is 2.30. The molecule has 0 radical (unpaired) electrons. The number of aromatic amines is 1. The Morgan fingerprint density at radius 2 is 2.00 bits per heavy atom. The Morgan fingerprint density at radius 1 is 1.29 bits per heavy atom. The van der Waals surface area contributed by atoms with E-state index >= 15 is 0 Å². The smallest absolute Gasteiger partial charge is 0.278 e. The van der Waals surface area contributed by atoms with Crippen molar-refractivity contribution in [3.8, 4) is 0 Å². The average Bonchev–Trinajstić information content (AvgIpc) is 2.50. The van der Waals surface area contributed by atoms with Crippen molar-refractivity contribution in [2.24, 2.45) is 0 Å². The summed E-state index contributed by atoms with van der Waals surface area (Å²) in [5.74, 6) is 0. The van der Waals surface area contributed by atoms with Crippen molar-refractivity contribution in [1.82, 2.24) is 10.2 Å². The first-order valence-corrected chi connectivity index (χ1v) is 3.99. The van der Waals surface area contributed by atoms with Gasteiger partial charge in [0.05, 0.1) is 17.3 Å². The lowest BCUT2D eigenvalue weighted by Gasteiger charge is -2.07. The molecule has 0 aliphatic heterocycles. The summed E-state index contributed by atoms with van der Waals surface area (Å²) in [5, 5.41) is 6.83. The van der Waals surface area contributed by atoms with E-state index in [2.05, 4.69) is 10.2 Å². The maximum absolute atomic E-state index is 12.4. The summed E-state index contributed by atoms with van der Waals surface area (Å²) in [5.41, 5.74) is 0.564. The predicted octanol–water partition coefficient (Wildman–Crippen LogP) is 0.840. The van der Waals surface area contributed by atoms with Crippen LogP contribution in [0.4, 0.5) is 13.2 Å². The molecule has 1 N–H and O–H groups in total. The lowest BCUT2D eigenvalue weighted by Crippen LogP contribution is -2.12. The summed E-state index contributed by atoms with van der Waals surface area (Å²) in [6, 6.07) is 2.20. The van der Waals surface area contributed by atoms with Crippen molar-refractivity contribution in [3.05, 3.63) is 23.9 Å². The van der Waals surface area contributed by atoms with Gasteiger partial charge < -0.3 is 0 Å². The number of fused-ring (bicyclic) bond motifs is 1. The van der Waals surface area contributed by atoms with E-state index in [1.54, 1.807) is 7.85 Å². The van der Waals surface area contributed by atoms with Crippen LogP contribution in [0.15, 0.2) is 18.3 Å². The van der Waals surface area contributed by atoms with Crippen molar-refractivity contribution in [2.75, 3.05) is 0 Å². The molecule has 0 saturated heterocycles. The third-order valence-corrected chi connectivity index (χ3v) is 2.07. The second kappa shape index (κ2) is 2.77. The fourth-order valence-corrected chi connectivity index (χ4v) is 1.40. The van der Waals surface area contributed by atoms with Crippen molar-refractivity contribution in [3.63, 3.8) is 0 Å². The molecule has 0 amide bonds. The number of rotatable bonds is 0. The summed E-state index contributed by atoms with van der Waals surface area (Å²) in [4.78, 5) is 0. The van der Waals surface area contributed by atoms with Crippen LogP contribution in [0.3, 0.4) is 0 Å². The van der Waals surface area contributed by atoms with E-state index in [4.69, 9.17) is 0 Å². The first kappa shape index (κ1) is 9.11. The summed E-state index contributed by atoms with van der Waals surface area (Å²) in [6.07, 6.45) is -2.91. The molecule has 0 saturated carbocycles. The predicted molar refractivity (Wildman–Crippen MR) is 49.3 cm³/mol. The maximum Gasteiger partial charge on any atom is 0.416 e. The number of nitrogens with zero attached hydrogens (tertiary/aromatic N) is 1. The van der Waals surface area contributed by atoms with E-state index in [1.165, 1.54) is 6.20 Å². The highest BCUT2D eigenvalue weighted by Gasteiger charge is 2.30. The van der Waals surface area contributed by atoms with Crippen LogP contribution >= 0.6 is 0 Å². The Morgan fingerprint density at radius 3 is 2.64 bits per heavy atom. The van der Waals surface area contributed by atoms with Gasteiger partial charge in [-0.2, -0.15) is 18.3 Å². The summed E-state index contributed by atoms with van der Waals surface area (Å²) >= 11 is 0. The highest BCUT2D eigenvalue weighted by molar-refractivity contribution is 6.38. The number of H-pyrrole nitrogens is 1. The molecule has 0 spiro atoms. The Hall–Kier alpha value is -1.46. The van der Waals surface area contributed by atoms with Gasteiger partial charge in [-0.25, -0.2) is 0 Å². The van der Waals surface area contributed by atoms with Gasteiger partial charge >= 0.3 is 6.18 Å². The molecule has 2 rings (SSSR count). The zero-order valence-electron chi connectivity index (χ0n) is 7.31. The minimum atomic E-state index is -4.30. The van der Waals surface area contributed by atoms with Gasteiger partial charge in [-0.3, -0.25) is 5.10 Å². The SMILES string of the molecule is Bc1cc(C(F)(F)F)cc2cn[nH]c12. The van der Waals surface area contributed by atoms with E-state index in [-0.39, 0.29) is 0 Å². The molecule has 0 atom stereocenters. The zero-order chi connectivity index (χ0) is 10.3. The molecule has 1 aromatic heterocycles. The lowest BCUT2D eigenvalue weighted by atomic mass is 9.91. The first-order valence-electron chi connectivity index (χ1n) is 3.99. The summed E-state index contributed by atoms with van der Waals surface area (Å²) in [7, 11) is 1.62. The van der Waals surface area contributed by atoms with Crippen LogP contribution in [-0.2, 0) is 6.18 Å². The van der Waals surface area contributed by atoms with Crippen molar-refractivity contribution >= 4 is 24.2 Å². The van der Waals surface area contributed by atoms with E-state index in [1.807, 2.05) is 0 Å². The molecule has 1 heterocycles. The van der Waals surface area contributed by atoms with Gasteiger partial charge in [0.2, 0.25) is 0 Å². The highest BCUT2D eigenvalue weighted by atomic mass is 19.4. The van der Waals surface area contributed by atoms with Crippen LogP contribution in [-0.4, -0.2) is 18.0 Å². The van der Waals surface area contributed by atoms with Crippen molar-refractivity contribution in [2.45, 2.75) is 6.18 Å². The van der Waals surface area contributed by atoms with E-state index in [9.17, 15) is 13.2 Å². The van der Waals surface area contributed by atoms with Crippen molar-refractivity contribution < 1.29 is 13.2 Å². The fraction of sp³-hybridized carbons (Fsp3) is 0.125. The van der Waals surface area contributed by atoms with Gasteiger partial charge in [-0.1, -0.05) is 11.5 Å². The molecule has 0 fully saturated rings. The van der Waals surface area contributed by atoms with Crippen molar-refractivity contribution in [1.29, 1.82) is 0 Å². The van der Waals surface area contributed by atoms with Gasteiger partial charge in [-0.05, 0) is 6.07 Å². The monoisotopic (exact) mass is 198 g/mol. The molecule has 0 aliphatic carbocycles. The normalized spacial score (nSPS) is 12.2. The second-order valence-corrected chi connectivity index (χ2v) is 3.13. The number of benzene rings is 1. The Balaban J connectivity index is 2.70. The minimum absolute atomic E-state index is 0.484. The molecule has 1 aromatic carbocycles. The number of nitrogens with one attached hydrogen (secondary N) is 1. The molecule has 0 aliphatic rings. The first-order chi connectivity index (χ1) is 6.48. The largest absolute Gasteiger partial charge is 0.416 e. The molecule has 2 aromatic rings. The van der Waals surface area contributed by atoms with E-state index in [0.29, 0.717) is 16.4 Å². The Bertz CT molecular complexity index is 475. The van der Waals surface area contributed by atoms with Crippen LogP contribution in [0.5, 0.6) is 0 Å². The number of hydrogen-bond donors (Lipinski definition) is 1. The standard InChI is InChI=1S/C8H6BF3N2/c9-6-2-5(8(10,11)12)1-4-3-13-14-7(4)6/h1-3H,9H2,(H,13,14). The Labute approximate surface area is 78.5 Å². The average molecular weight is 198 g/mol. The second-order valence-electron chi connectivity index (χ2n) is 3.13. The molecular weight excluding hydrogens is 192 g/mol. The topological polar surface area (TPSA) is 28.7 Å². The number of hydrogen-bond acceptors (Lipinski definition) is 1. The molecule has 0 unspecified atom stereocenters. The quantitative estimate of drug-likeness (QED) is 0.624. The minimum Gasteiger partial charge on any atom is -0.278 e. The molecule has 72 valence electrons. The van der Waals surface area contributed by atoms with E-state index in [0.717, 1.165) is 12.1 Å². The summed E-state index contributed by atoms with van der Waals surface area (Å²) in [6.45, 7) is 0. The lowest BCUT2D eigenvalue weighted by molar-refractivity contribution is -0.137. The van der Waals surface area contributed by atoms with Gasteiger partial charge in [0.25, 0.3) is 0 Å². The Kier molecular flexibility index (Phi) is 1.80. The van der Waals surface area contributed by atoms with Gasteiger partial charge in [0.1, 0.15) is 7.85 Å². The van der Waals surface area contributed by atoms with Crippen LogP contribution in [0.25, 0.3) is 10.9 Å². The molecular formula is C8H6BF3N2. The van der Waals surface area contributed by atoms with Crippen LogP contribution in [0.2, 0.25) is 0 Å². The van der Waals surface area contributed by atoms with Gasteiger partial charge in [-0.15, -0.1) is 0 Å². The number of halogens is 3. The van der Waals surface area contributed by atoms with Crippen LogP contribution in [0, 0.1) is 0 Å². The fourth-order valence-electron chi connectivity index (χ4n) is 1.40. The third-order valence-electron chi connectivity index (χ3n) is 2.07. The summed E-state index contributed by atoms with van der Waals surface area (Å²) < 4.78 is 37.1. The molecule has 14 heavy (non-hydrogen) atoms. The number of aromatic nitrogens is 2.